The summed E-state index contributed by atoms with van der Waals surface area (Å²) in [5.41, 5.74) is 0. The lowest BCUT2D eigenvalue weighted by Gasteiger charge is -2.32. The molecule has 0 aromatic heterocycles. The van der Waals surface area contributed by atoms with Gasteiger partial charge in [-0.15, -0.1) is 0 Å². The van der Waals surface area contributed by atoms with Gasteiger partial charge in [0.05, 0.1) is 19.8 Å². The van der Waals surface area contributed by atoms with Crippen LogP contribution < -0.4 is 16.0 Å². The normalized spacial score (nSPS) is 24.5. The largest absolute Gasteiger partial charge is 0.378 e. The van der Waals surface area contributed by atoms with Crippen LogP contribution in [0, 0.1) is 0 Å². The molecule has 2 amide bonds. The Morgan fingerprint density at radius 1 is 1.29 bits per heavy atom. The predicted octanol–water partition coefficient (Wildman–Crippen LogP) is -1.31. The molecular weight excluding hydrogens is 272 g/mol. The molecular formula is C14H26N4O3. The van der Waals surface area contributed by atoms with Crippen LogP contribution in [0.4, 0.5) is 0 Å². The number of likely N-dealkylation sites (N-methyl/N-ethyl adjacent to an activating group) is 1. The highest BCUT2D eigenvalue weighted by molar-refractivity contribution is 5.78. The molecule has 0 saturated carbocycles. The molecule has 0 aromatic rings. The van der Waals surface area contributed by atoms with Gasteiger partial charge in [0.1, 0.15) is 0 Å². The van der Waals surface area contributed by atoms with E-state index >= 15 is 0 Å². The third-order valence-electron chi connectivity index (χ3n) is 4.03. The molecule has 0 bridgehead atoms. The zero-order valence-electron chi connectivity index (χ0n) is 12.7. The number of hydrogen-bond acceptors (Lipinski definition) is 5. The van der Waals surface area contributed by atoms with Crippen molar-refractivity contribution in [2.24, 2.45) is 0 Å². The van der Waals surface area contributed by atoms with Crippen molar-refractivity contribution in [3.8, 4) is 0 Å². The molecule has 2 fully saturated rings. The molecule has 2 saturated heterocycles. The monoisotopic (exact) mass is 298 g/mol. The molecule has 1 atom stereocenters. The van der Waals surface area contributed by atoms with Crippen LogP contribution in [-0.2, 0) is 14.3 Å². The van der Waals surface area contributed by atoms with E-state index in [2.05, 4.69) is 20.9 Å². The standard InChI is InChI=1S/C14H26N4O3/c1-15-14(20)9-18-5-2-11(3-6-18)17-13(19)8-12-10-21-7-4-16-12/h11-12,16H,2-10H2,1H3,(H,15,20)(H,17,19). The molecule has 2 aliphatic heterocycles. The van der Waals surface area contributed by atoms with Gasteiger partial charge >= 0.3 is 0 Å². The summed E-state index contributed by atoms with van der Waals surface area (Å²) in [6.07, 6.45) is 2.27. The lowest BCUT2D eigenvalue weighted by Crippen LogP contribution is -2.49. The van der Waals surface area contributed by atoms with Gasteiger partial charge in [-0.2, -0.15) is 0 Å². The molecule has 120 valence electrons. The summed E-state index contributed by atoms with van der Waals surface area (Å²) < 4.78 is 5.35. The minimum Gasteiger partial charge on any atom is -0.378 e. The van der Waals surface area contributed by atoms with E-state index in [9.17, 15) is 9.59 Å². The highest BCUT2D eigenvalue weighted by Crippen LogP contribution is 2.10. The summed E-state index contributed by atoms with van der Waals surface area (Å²) in [7, 11) is 1.65. The number of piperidine rings is 1. The van der Waals surface area contributed by atoms with Gasteiger partial charge in [0.2, 0.25) is 11.8 Å². The molecule has 7 nitrogen and oxygen atoms in total. The van der Waals surface area contributed by atoms with Gasteiger partial charge in [-0.1, -0.05) is 0 Å². The molecule has 21 heavy (non-hydrogen) atoms. The van der Waals surface area contributed by atoms with Crippen LogP contribution in [0.5, 0.6) is 0 Å². The van der Waals surface area contributed by atoms with Crippen molar-refractivity contribution in [1.82, 2.24) is 20.9 Å². The Labute approximate surface area is 125 Å². The van der Waals surface area contributed by atoms with Crippen LogP contribution in [0.2, 0.25) is 0 Å². The molecule has 3 N–H and O–H groups in total. The number of ether oxygens (including phenoxy) is 1. The Morgan fingerprint density at radius 2 is 2.05 bits per heavy atom. The smallest absolute Gasteiger partial charge is 0.233 e. The predicted molar refractivity (Wildman–Crippen MR) is 78.9 cm³/mol. The molecule has 0 aliphatic carbocycles. The average molecular weight is 298 g/mol. The van der Waals surface area contributed by atoms with Crippen molar-refractivity contribution in [1.29, 1.82) is 0 Å². The van der Waals surface area contributed by atoms with E-state index in [1.54, 1.807) is 7.05 Å². The summed E-state index contributed by atoms with van der Waals surface area (Å²) in [6, 6.07) is 0.357. The van der Waals surface area contributed by atoms with E-state index < -0.39 is 0 Å². The first-order valence-corrected chi connectivity index (χ1v) is 7.71. The first kappa shape index (κ1) is 16.2. The van der Waals surface area contributed by atoms with E-state index in [4.69, 9.17) is 4.74 Å². The van der Waals surface area contributed by atoms with E-state index in [1.165, 1.54) is 0 Å². The second-order valence-electron chi connectivity index (χ2n) is 5.72. The maximum atomic E-state index is 12.0. The van der Waals surface area contributed by atoms with Gasteiger partial charge in [-0.3, -0.25) is 14.5 Å². The first-order chi connectivity index (χ1) is 10.2. The second-order valence-corrected chi connectivity index (χ2v) is 5.72. The zero-order chi connectivity index (χ0) is 15.1. The van der Waals surface area contributed by atoms with Crippen LogP contribution in [0.25, 0.3) is 0 Å². The highest BCUT2D eigenvalue weighted by atomic mass is 16.5. The summed E-state index contributed by atoms with van der Waals surface area (Å²) in [5, 5.41) is 9.01. The number of hydrogen-bond donors (Lipinski definition) is 3. The quantitative estimate of drug-likeness (QED) is 0.587. The topological polar surface area (TPSA) is 82.7 Å². The number of carbonyl (C=O) groups excluding carboxylic acids is 2. The van der Waals surface area contributed by atoms with Crippen LogP contribution in [-0.4, -0.2) is 75.2 Å². The number of rotatable bonds is 5. The first-order valence-electron chi connectivity index (χ1n) is 7.71. The number of nitrogens with one attached hydrogen (secondary N) is 3. The van der Waals surface area contributed by atoms with Gasteiger partial charge in [0.25, 0.3) is 0 Å². The fourth-order valence-electron chi connectivity index (χ4n) is 2.78. The van der Waals surface area contributed by atoms with Crippen molar-refractivity contribution in [2.45, 2.75) is 31.3 Å². The van der Waals surface area contributed by atoms with Crippen LogP contribution in [0.3, 0.4) is 0 Å². The Bertz CT molecular complexity index is 350. The van der Waals surface area contributed by atoms with Gasteiger partial charge in [-0.05, 0) is 12.8 Å². The van der Waals surface area contributed by atoms with E-state index in [1.807, 2.05) is 0 Å². The van der Waals surface area contributed by atoms with Crippen molar-refractivity contribution in [3.05, 3.63) is 0 Å². The summed E-state index contributed by atoms with van der Waals surface area (Å²) in [6.45, 7) is 4.29. The molecule has 0 radical (unpaired) electrons. The van der Waals surface area contributed by atoms with E-state index in [0.717, 1.165) is 39.1 Å². The van der Waals surface area contributed by atoms with Crippen LogP contribution in [0.15, 0.2) is 0 Å². The Hall–Kier alpha value is -1.18. The third kappa shape index (κ3) is 5.61. The van der Waals surface area contributed by atoms with Gasteiger partial charge in [0, 0.05) is 45.2 Å². The van der Waals surface area contributed by atoms with Crippen LogP contribution in [0.1, 0.15) is 19.3 Å². The minimum absolute atomic E-state index is 0.0425. The Morgan fingerprint density at radius 3 is 2.67 bits per heavy atom. The molecule has 2 rings (SSSR count). The highest BCUT2D eigenvalue weighted by Gasteiger charge is 2.23. The fourth-order valence-corrected chi connectivity index (χ4v) is 2.78. The second kappa shape index (κ2) is 8.31. The number of morpholine rings is 1. The maximum Gasteiger partial charge on any atom is 0.233 e. The summed E-state index contributed by atoms with van der Waals surface area (Å²) in [5.74, 6) is 0.128. The molecule has 2 heterocycles. The SMILES string of the molecule is CNC(=O)CN1CCC(NC(=O)CC2COCCN2)CC1. The number of likely N-dealkylation sites (tertiary alicyclic amines) is 1. The Kier molecular flexibility index (Phi) is 6.41. The minimum atomic E-state index is 0.0425. The van der Waals surface area contributed by atoms with Crippen molar-refractivity contribution >= 4 is 11.8 Å². The average Bonchev–Trinajstić information content (AvgIpc) is 2.50. The fraction of sp³-hybridized carbons (Fsp3) is 0.857. The van der Waals surface area contributed by atoms with Crippen molar-refractivity contribution < 1.29 is 14.3 Å². The number of amides is 2. The number of carbonyl (C=O) groups is 2. The molecule has 0 aromatic carbocycles. The molecule has 7 heteroatoms. The third-order valence-corrected chi connectivity index (χ3v) is 4.03. The summed E-state index contributed by atoms with van der Waals surface area (Å²) >= 11 is 0. The van der Waals surface area contributed by atoms with E-state index in [0.29, 0.717) is 19.6 Å². The lowest BCUT2D eigenvalue weighted by molar-refractivity contribution is -0.124. The van der Waals surface area contributed by atoms with Crippen LogP contribution >= 0.6 is 0 Å². The van der Waals surface area contributed by atoms with E-state index in [-0.39, 0.29) is 23.9 Å². The molecule has 0 spiro atoms. The number of nitrogens with zero attached hydrogens (tertiary/aromatic N) is 1. The van der Waals surface area contributed by atoms with Crippen molar-refractivity contribution in [2.75, 3.05) is 46.4 Å². The Balaban J connectivity index is 1.63. The zero-order valence-corrected chi connectivity index (χ0v) is 12.7. The molecule has 2 aliphatic rings. The maximum absolute atomic E-state index is 12.0. The summed E-state index contributed by atoms with van der Waals surface area (Å²) in [4.78, 5) is 25.4. The van der Waals surface area contributed by atoms with Gasteiger partial charge in [0.15, 0.2) is 0 Å². The van der Waals surface area contributed by atoms with Crippen molar-refractivity contribution in [3.63, 3.8) is 0 Å². The van der Waals surface area contributed by atoms with Gasteiger partial charge in [-0.25, -0.2) is 0 Å². The molecule has 1 unspecified atom stereocenters. The van der Waals surface area contributed by atoms with Gasteiger partial charge < -0.3 is 20.7 Å². The lowest BCUT2D eigenvalue weighted by atomic mass is 10.0.